The lowest BCUT2D eigenvalue weighted by atomic mass is 9.84. The van der Waals surface area contributed by atoms with Gasteiger partial charge in [-0.15, -0.1) is 0 Å². The largest absolute Gasteiger partial charge is 0.497 e. The van der Waals surface area contributed by atoms with E-state index in [2.05, 4.69) is 74.5 Å². The molecule has 1 saturated carbocycles. The van der Waals surface area contributed by atoms with E-state index >= 15 is 0 Å². The first kappa shape index (κ1) is 28.5. The number of hydrogen-bond acceptors (Lipinski definition) is 2. The van der Waals surface area contributed by atoms with Crippen molar-refractivity contribution < 1.29 is 13.9 Å². The fourth-order valence-corrected chi connectivity index (χ4v) is 6.75. The second-order valence-corrected chi connectivity index (χ2v) is 11.9. The Kier molecular flexibility index (Phi) is 9.62. The molecule has 2 aliphatic rings. The van der Waals surface area contributed by atoms with Crippen molar-refractivity contribution in [2.24, 2.45) is 5.92 Å². The molecule has 0 unspecified atom stereocenters. The molecular weight excluding hydrogens is 495 g/mol. The van der Waals surface area contributed by atoms with Gasteiger partial charge < -0.3 is 9.47 Å². The Labute approximate surface area is 240 Å². The van der Waals surface area contributed by atoms with E-state index < -0.39 is 0 Å². The molecule has 0 aromatic heterocycles. The summed E-state index contributed by atoms with van der Waals surface area (Å²) in [5.74, 6) is 2.66. The maximum atomic E-state index is 12.4. The summed E-state index contributed by atoms with van der Waals surface area (Å²) in [5, 5.41) is 0. The Morgan fingerprint density at radius 1 is 0.775 bits per heavy atom. The zero-order valence-electron chi connectivity index (χ0n) is 24.6. The molecule has 5 rings (SSSR count). The molecule has 1 fully saturated rings. The summed E-state index contributed by atoms with van der Waals surface area (Å²) in [6, 6.07) is 22.3. The first-order valence-corrected chi connectivity index (χ1v) is 15.4. The highest BCUT2D eigenvalue weighted by Gasteiger charge is 2.24. The normalized spacial score (nSPS) is 19.2. The van der Waals surface area contributed by atoms with Gasteiger partial charge in [-0.2, -0.15) is 0 Å². The van der Waals surface area contributed by atoms with Crippen molar-refractivity contribution in [3.63, 3.8) is 0 Å². The Hall–Kier alpha value is -3.07. The number of rotatable bonds is 10. The van der Waals surface area contributed by atoms with Crippen LogP contribution in [0.4, 0.5) is 4.39 Å². The van der Waals surface area contributed by atoms with Crippen LogP contribution >= 0.6 is 0 Å². The SMILES string of the molecule is COc1ccc(C2=C(c3ccc(OC4CCC(CCCCCF)CC4)cc3)c3ccc(C)cc3CCC2)c(C)c1. The third-order valence-electron chi connectivity index (χ3n) is 8.95. The zero-order chi connectivity index (χ0) is 27.9. The second kappa shape index (κ2) is 13.5. The summed E-state index contributed by atoms with van der Waals surface area (Å²) in [6.45, 7) is 4.21. The number of ether oxygens (including phenoxy) is 2. The number of halogens is 1. The van der Waals surface area contributed by atoms with Crippen molar-refractivity contribution in [2.75, 3.05) is 13.8 Å². The molecular formula is C37H45FO2. The molecule has 0 atom stereocenters. The molecule has 0 heterocycles. The minimum atomic E-state index is -0.175. The zero-order valence-corrected chi connectivity index (χ0v) is 24.6. The quantitative estimate of drug-likeness (QED) is 0.238. The molecule has 0 aliphatic heterocycles. The van der Waals surface area contributed by atoms with Crippen LogP contribution in [0, 0.1) is 19.8 Å². The van der Waals surface area contributed by atoms with E-state index in [4.69, 9.17) is 9.47 Å². The lowest BCUT2D eigenvalue weighted by Gasteiger charge is -2.29. The van der Waals surface area contributed by atoms with Gasteiger partial charge in [0.1, 0.15) is 11.5 Å². The van der Waals surface area contributed by atoms with Crippen molar-refractivity contribution in [3.8, 4) is 11.5 Å². The van der Waals surface area contributed by atoms with Gasteiger partial charge in [0.2, 0.25) is 0 Å². The Morgan fingerprint density at radius 2 is 1.52 bits per heavy atom. The maximum Gasteiger partial charge on any atom is 0.119 e. The highest BCUT2D eigenvalue weighted by atomic mass is 19.1. The molecule has 0 N–H and O–H groups in total. The van der Waals surface area contributed by atoms with Crippen molar-refractivity contribution in [2.45, 2.75) is 90.6 Å². The molecule has 2 nitrogen and oxygen atoms in total. The highest BCUT2D eigenvalue weighted by molar-refractivity contribution is 6.00. The topological polar surface area (TPSA) is 18.5 Å². The average Bonchev–Trinajstić information content (AvgIpc) is 3.15. The monoisotopic (exact) mass is 540 g/mol. The van der Waals surface area contributed by atoms with E-state index in [0.717, 1.165) is 68.8 Å². The number of allylic oxidation sites excluding steroid dienone is 1. The van der Waals surface area contributed by atoms with E-state index in [0.29, 0.717) is 6.10 Å². The van der Waals surface area contributed by atoms with E-state index in [1.807, 2.05) is 0 Å². The lowest BCUT2D eigenvalue weighted by molar-refractivity contribution is 0.127. The predicted molar refractivity (Wildman–Crippen MR) is 165 cm³/mol. The van der Waals surface area contributed by atoms with Crippen molar-refractivity contribution in [3.05, 3.63) is 94.0 Å². The average molecular weight is 541 g/mol. The standard InChI is InChI=1S/C37H45FO2/c1-26-11-21-35-30(24-26)9-7-10-36(34-22-20-33(39-3)25-27(34)2)37(35)29-14-18-32(19-15-29)40-31-16-12-28(13-17-31)8-5-4-6-23-38/h11,14-15,18-22,24-25,28,31H,4-10,12-13,16-17,23H2,1-3H3. The number of methoxy groups -OCH3 is 1. The molecule has 0 amide bonds. The summed E-state index contributed by atoms with van der Waals surface area (Å²) < 4.78 is 24.3. The highest BCUT2D eigenvalue weighted by Crippen LogP contribution is 2.42. The summed E-state index contributed by atoms with van der Waals surface area (Å²) in [5.41, 5.74) is 10.7. The molecule has 3 aromatic rings. The summed E-state index contributed by atoms with van der Waals surface area (Å²) in [7, 11) is 1.73. The van der Waals surface area contributed by atoms with Crippen LogP contribution in [0.3, 0.4) is 0 Å². The number of unbranched alkanes of at least 4 members (excludes halogenated alkanes) is 2. The molecule has 0 radical (unpaired) electrons. The number of hydrogen-bond donors (Lipinski definition) is 0. The van der Waals surface area contributed by atoms with Crippen LogP contribution < -0.4 is 9.47 Å². The van der Waals surface area contributed by atoms with Gasteiger partial charge >= 0.3 is 0 Å². The van der Waals surface area contributed by atoms with Crippen LogP contribution in [-0.4, -0.2) is 19.9 Å². The van der Waals surface area contributed by atoms with E-state index in [9.17, 15) is 4.39 Å². The van der Waals surface area contributed by atoms with E-state index in [1.54, 1.807) is 7.11 Å². The fourth-order valence-electron chi connectivity index (χ4n) is 6.75. The van der Waals surface area contributed by atoms with Gasteiger partial charge in [0.25, 0.3) is 0 Å². The summed E-state index contributed by atoms with van der Waals surface area (Å²) in [4.78, 5) is 0. The third-order valence-corrected chi connectivity index (χ3v) is 8.95. The van der Waals surface area contributed by atoms with Gasteiger partial charge in [-0.25, -0.2) is 0 Å². The molecule has 3 heteroatoms. The first-order chi connectivity index (χ1) is 19.6. The number of aryl methyl sites for hydroxylation is 3. The fraction of sp³-hybridized carbons (Fsp3) is 0.459. The van der Waals surface area contributed by atoms with Crippen LogP contribution in [0.1, 0.15) is 97.6 Å². The summed E-state index contributed by atoms with van der Waals surface area (Å²) >= 11 is 0. The molecule has 40 heavy (non-hydrogen) atoms. The third kappa shape index (κ3) is 6.79. The Bertz CT molecular complexity index is 1300. The van der Waals surface area contributed by atoms with E-state index in [1.165, 1.54) is 63.8 Å². The van der Waals surface area contributed by atoms with Gasteiger partial charge in [-0.3, -0.25) is 4.39 Å². The van der Waals surface area contributed by atoms with Gasteiger partial charge in [-0.1, -0.05) is 61.2 Å². The van der Waals surface area contributed by atoms with Crippen molar-refractivity contribution in [1.29, 1.82) is 0 Å². The molecule has 3 aromatic carbocycles. The Balaban J connectivity index is 1.38. The maximum absolute atomic E-state index is 12.4. The van der Waals surface area contributed by atoms with Gasteiger partial charge in [0.05, 0.1) is 19.9 Å². The van der Waals surface area contributed by atoms with Crippen LogP contribution in [0.25, 0.3) is 11.1 Å². The van der Waals surface area contributed by atoms with Gasteiger partial charge in [-0.05, 0) is 134 Å². The number of fused-ring (bicyclic) bond motifs is 1. The van der Waals surface area contributed by atoms with Crippen molar-refractivity contribution >= 4 is 11.1 Å². The molecule has 0 saturated heterocycles. The molecule has 0 spiro atoms. The van der Waals surface area contributed by atoms with Gasteiger partial charge in [0.15, 0.2) is 0 Å². The van der Waals surface area contributed by atoms with Crippen LogP contribution in [0.5, 0.6) is 11.5 Å². The van der Waals surface area contributed by atoms with E-state index in [-0.39, 0.29) is 6.67 Å². The Morgan fingerprint density at radius 3 is 2.25 bits per heavy atom. The number of alkyl halides is 1. The minimum absolute atomic E-state index is 0.175. The number of benzene rings is 3. The smallest absolute Gasteiger partial charge is 0.119 e. The second-order valence-electron chi connectivity index (χ2n) is 11.9. The lowest BCUT2D eigenvalue weighted by Crippen LogP contribution is -2.24. The van der Waals surface area contributed by atoms with Crippen molar-refractivity contribution in [1.82, 2.24) is 0 Å². The predicted octanol–water partition coefficient (Wildman–Crippen LogP) is 10.1. The van der Waals surface area contributed by atoms with Crippen LogP contribution in [0.2, 0.25) is 0 Å². The molecule has 212 valence electrons. The molecule has 0 bridgehead atoms. The minimum Gasteiger partial charge on any atom is -0.497 e. The van der Waals surface area contributed by atoms with Crippen LogP contribution in [0.15, 0.2) is 60.7 Å². The van der Waals surface area contributed by atoms with Crippen LogP contribution in [-0.2, 0) is 6.42 Å². The summed E-state index contributed by atoms with van der Waals surface area (Å²) in [6.07, 6.45) is 12.4. The first-order valence-electron chi connectivity index (χ1n) is 15.4. The van der Waals surface area contributed by atoms with Gasteiger partial charge in [0, 0.05) is 0 Å². The molecule has 2 aliphatic carbocycles.